The number of likely N-dealkylation sites (tertiary alicyclic amines) is 1. The number of carbonyl (C=O) groups excluding carboxylic acids is 1. The van der Waals surface area contributed by atoms with Crippen LogP contribution in [0.1, 0.15) is 38.3 Å². The Labute approximate surface area is 148 Å². The van der Waals surface area contributed by atoms with E-state index in [0.717, 1.165) is 38.0 Å². The predicted octanol–water partition coefficient (Wildman–Crippen LogP) is 4.24. The van der Waals surface area contributed by atoms with Crippen LogP contribution < -0.4 is 10.1 Å². The maximum Gasteiger partial charge on any atom is 0.321 e. The van der Waals surface area contributed by atoms with Gasteiger partial charge in [0.15, 0.2) is 5.75 Å². The van der Waals surface area contributed by atoms with Crippen molar-refractivity contribution in [2.75, 3.05) is 18.4 Å². The Hall–Kier alpha value is -2.63. The van der Waals surface area contributed by atoms with Crippen LogP contribution in [0.4, 0.5) is 10.5 Å². The molecule has 1 aliphatic rings. The molecule has 1 N–H and O–H groups in total. The molecule has 0 atom stereocenters. The van der Waals surface area contributed by atoms with Gasteiger partial charge in [-0.1, -0.05) is 19.8 Å². The van der Waals surface area contributed by atoms with Crippen molar-refractivity contribution in [2.45, 2.75) is 39.0 Å². The van der Waals surface area contributed by atoms with Gasteiger partial charge in [-0.15, -0.1) is 0 Å². The van der Waals surface area contributed by atoms with Crippen molar-refractivity contribution >= 4 is 11.7 Å². The van der Waals surface area contributed by atoms with Gasteiger partial charge in [-0.3, -0.25) is 4.98 Å². The summed E-state index contributed by atoms with van der Waals surface area (Å²) < 4.78 is 5.80. The fourth-order valence-electron chi connectivity index (χ4n) is 2.89. The number of pyridine rings is 2. The Balaban J connectivity index is 1.61. The number of carbonyl (C=O) groups is 1. The number of hydrogen-bond donors (Lipinski definition) is 1. The lowest BCUT2D eigenvalue weighted by Gasteiger charge is -2.20. The molecule has 3 rings (SSSR count). The minimum atomic E-state index is -0.0575. The number of aryl methyl sites for hydroxylation is 1. The van der Waals surface area contributed by atoms with Crippen molar-refractivity contribution < 1.29 is 9.53 Å². The van der Waals surface area contributed by atoms with Gasteiger partial charge in [0.05, 0.1) is 17.6 Å². The summed E-state index contributed by atoms with van der Waals surface area (Å²) in [7, 11) is 0. The average molecular weight is 340 g/mol. The summed E-state index contributed by atoms with van der Waals surface area (Å²) in [4.78, 5) is 22.8. The molecule has 0 bridgehead atoms. The van der Waals surface area contributed by atoms with Crippen molar-refractivity contribution in [2.24, 2.45) is 0 Å². The van der Waals surface area contributed by atoms with E-state index in [1.807, 2.05) is 24.0 Å². The van der Waals surface area contributed by atoms with Gasteiger partial charge in [0, 0.05) is 25.4 Å². The predicted molar refractivity (Wildman–Crippen MR) is 97.0 cm³/mol. The fourth-order valence-corrected chi connectivity index (χ4v) is 2.89. The third-order valence-electron chi connectivity index (χ3n) is 4.28. The number of aromatic nitrogens is 2. The lowest BCUT2D eigenvalue weighted by molar-refractivity contribution is 0.213. The Morgan fingerprint density at radius 3 is 2.64 bits per heavy atom. The quantitative estimate of drug-likeness (QED) is 0.904. The summed E-state index contributed by atoms with van der Waals surface area (Å²) in [6, 6.07) is 7.22. The molecule has 1 saturated heterocycles. The third-order valence-corrected chi connectivity index (χ3v) is 4.28. The van der Waals surface area contributed by atoms with E-state index in [9.17, 15) is 4.79 Å². The van der Waals surface area contributed by atoms with Gasteiger partial charge in [0.2, 0.25) is 5.88 Å². The standard InChI is InChI=1S/C19H24N4O2/c1-2-16-17(8-7-11-20-16)25-18-10-9-15(14-21-18)22-19(24)23-12-5-3-4-6-13-23/h7-11,14H,2-6,12-13H2,1H3,(H,22,24). The van der Waals surface area contributed by atoms with Crippen molar-refractivity contribution in [3.05, 3.63) is 42.4 Å². The highest BCUT2D eigenvalue weighted by atomic mass is 16.5. The van der Waals surface area contributed by atoms with Crippen LogP contribution in [0.2, 0.25) is 0 Å². The lowest BCUT2D eigenvalue weighted by atomic mass is 10.2. The van der Waals surface area contributed by atoms with E-state index in [4.69, 9.17) is 4.74 Å². The maximum absolute atomic E-state index is 12.3. The van der Waals surface area contributed by atoms with Crippen LogP contribution in [0.5, 0.6) is 11.6 Å². The SMILES string of the molecule is CCc1ncccc1Oc1ccc(NC(=O)N2CCCCCC2)cn1. The maximum atomic E-state index is 12.3. The van der Waals surface area contributed by atoms with Gasteiger partial charge in [0.25, 0.3) is 0 Å². The molecule has 3 heterocycles. The van der Waals surface area contributed by atoms with E-state index in [0.29, 0.717) is 17.3 Å². The van der Waals surface area contributed by atoms with Gasteiger partial charge in [-0.05, 0) is 37.5 Å². The first-order chi connectivity index (χ1) is 12.3. The number of amides is 2. The van der Waals surface area contributed by atoms with Gasteiger partial charge in [-0.25, -0.2) is 9.78 Å². The van der Waals surface area contributed by atoms with E-state index in [-0.39, 0.29) is 6.03 Å². The smallest absolute Gasteiger partial charge is 0.321 e. The summed E-state index contributed by atoms with van der Waals surface area (Å²) in [5, 5.41) is 2.91. The molecule has 2 aromatic heterocycles. The van der Waals surface area contributed by atoms with Crippen LogP contribution in [0, 0.1) is 0 Å². The highest BCUT2D eigenvalue weighted by molar-refractivity contribution is 5.89. The Morgan fingerprint density at radius 2 is 1.96 bits per heavy atom. The number of urea groups is 1. The first-order valence-electron chi connectivity index (χ1n) is 8.90. The zero-order valence-corrected chi connectivity index (χ0v) is 14.6. The number of nitrogens with one attached hydrogen (secondary N) is 1. The summed E-state index contributed by atoms with van der Waals surface area (Å²) in [5.41, 5.74) is 1.56. The second-order valence-corrected chi connectivity index (χ2v) is 6.12. The van der Waals surface area contributed by atoms with Gasteiger partial charge < -0.3 is 15.0 Å². The van der Waals surface area contributed by atoms with Crippen molar-refractivity contribution in [1.82, 2.24) is 14.9 Å². The van der Waals surface area contributed by atoms with Crippen LogP contribution in [0.25, 0.3) is 0 Å². The van der Waals surface area contributed by atoms with Crippen LogP contribution in [-0.2, 0) is 6.42 Å². The summed E-state index contributed by atoms with van der Waals surface area (Å²) in [6.07, 6.45) is 8.71. The lowest BCUT2D eigenvalue weighted by Crippen LogP contribution is -2.35. The topological polar surface area (TPSA) is 67.3 Å². The molecule has 0 aromatic carbocycles. The Kier molecular flexibility index (Phi) is 5.82. The summed E-state index contributed by atoms with van der Waals surface area (Å²) in [6.45, 7) is 3.67. The minimum absolute atomic E-state index is 0.0575. The van der Waals surface area contributed by atoms with Gasteiger partial charge in [-0.2, -0.15) is 0 Å². The highest BCUT2D eigenvalue weighted by Gasteiger charge is 2.15. The molecule has 6 nitrogen and oxygen atoms in total. The van der Waals surface area contributed by atoms with E-state index in [1.165, 1.54) is 12.8 Å². The van der Waals surface area contributed by atoms with Gasteiger partial charge >= 0.3 is 6.03 Å². The van der Waals surface area contributed by atoms with E-state index >= 15 is 0 Å². The van der Waals surface area contributed by atoms with Crippen molar-refractivity contribution in [3.8, 4) is 11.6 Å². The monoisotopic (exact) mass is 340 g/mol. The normalized spacial score (nSPS) is 14.7. The molecule has 132 valence electrons. The molecule has 0 radical (unpaired) electrons. The Bertz CT molecular complexity index is 695. The second kappa shape index (κ2) is 8.46. The first-order valence-corrected chi connectivity index (χ1v) is 8.90. The number of anilines is 1. The molecule has 0 saturated carbocycles. The highest BCUT2D eigenvalue weighted by Crippen LogP contribution is 2.23. The fraction of sp³-hybridized carbons (Fsp3) is 0.421. The number of rotatable bonds is 4. The Morgan fingerprint density at radius 1 is 1.16 bits per heavy atom. The number of ether oxygens (including phenoxy) is 1. The average Bonchev–Trinajstić information content (AvgIpc) is 2.93. The second-order valence-electron chi connectivity index (χ2n) is 6.12. The molecule has 25 heavy (non-hydrogen) atoms. The largest absolute Gasteiger partial charge is 0.437 e. The number of nitrogens with zero attached hydrogens (tertiary/aromatic N) is 3. The summed E-state index contributed by atoms with van der Waals surface area (Å²) >= 11 is 0. The molecule has 1 aliphatic heterocycles. The van der Waals surface area contributed by atoms with E-state index < -0.39 is 0 Å². The third kappa shape index (κ3) is 4.68. The van der Waals surface area contributed by atoms with Crippen molar-refractivity contribution in [1.29, 1.82) is 0 Å². The zero-order valence-electron chi connectivity index (χ0n) is 14.6. The van der Waals surface area contributed by atoms with Crippen molar-refractivity contribution in [3.63, 3.8) is 0 Å². The molecular formula is C19H24N4O2. The van der Waals surface area contributed by atoms with Crippen LogP contribution in [-0.4, -0.2) is 34.0 Å². The van der Waals surface area contributed by atoms with E-state index in [1.54, 1.807) is 24.5 Å². The number of hydrogen-bond acceptors (Lipinski definition) is 4. The van der Waals surface area contributed by atoms with E-state index in [2.05, 4.69) is 15.3 Å². The first kappa shape index (κ1) is 17.2. The van der Waals surface area contributed by atoms with Gasteiger partial charge in [0.1, 0.15) is 0 Å². The molecule has 0 aliphatic carbocycles. The minimum Gasteiger partial charge on any atom is -0.437 e. The zero-order chi connectivity index (χ0) is 17.5. The molecule has 2 aromatic rings. The molecule has 0 unspecified atom stereocenters. The van der Waals surface area contributed by atoms with Crippen LogP contribution in [0.3, 0.4) is 0 Å². The molecule has 0 spiro atoms. The van der Waals surface area contributed by atoms with Crippen LogP contribution in [0.15, 0.2) is 36.7 Å². The molecule has 6 heteroatoms. The van der Waals surface area contributed by atoms with Crippen LogP contribution >= 0.6 is 0 Å². The molecule has 1 fully saturated rings. The molecule has 2 amide bonds. The molecular weight excluding hydrogens is 316 g/mol. The summed E-state index contributed by atoms with van der Waals surface area (Å²) in [5.74, 6) is 1.19.